The third-order valence-electron chi connectivity index (χ3n) is 3.04. The molecule has 0 aromatic carbocycles. The fraction of sp³-hybridized carbons (Fsp3) is 0.667. The highest BCUT2D eigenvalue weighted by Gasteiger charge is 2.34. The molecule has 1 saturated heterocycles. The van der Waals surface area contributed by atoms with Crippen molar-refractivity contribution < 1.29 is 19.5 Å². The normalized spacial score (nSPS) is 19.0. The van der Waals surface area contributed by atoms with Crippen LogP contribution in [0.2, 0.25) is 0 Å². The van der Waals surface area contributed by atoms with Gasteiger partial charge in [0.05, 0.1) is 23.3 Å². The van der Waals surface area contributed by atoms with Crippen molar-refractivity contribution in [2.45, 2.75) is 19.9 Å². The zero-order valence-corrected chi connectivity index (χ0v) is 13.6. The van der Waals surface area contributed by atoms with E-state index >= 15 is 0 Å². The maximum Gasteiger partial charge on any atom is 0.327 e. The van der Waals surface area contributed by atoms with E-state index in [2.05, 4.69) is 10.6 Å². The van der Waals surface area contributed by atoms with Crippen LogP contribution in [0.5, 0.6) is 0 Å². The van der Waals surface area contributed by atoms with Gasteiger partial charge < -0.3 is 20.6 Å². The number of aliphatic carboxylic acids is 1. The lowest BCUT2D eigenvalue weighted by Gasteiger charge is -2.21. The van der Waals surface area contributed by atoms with Crippen LogP contribution in [0, 0.1) is 5.92 Å². The van der Waals surface area contributed by atoms with Gasteiger partial charge in [-0.15, -0.1) is 11.8 Å². The largest absolute Gasteiger partial charge is 0.480 e. The molecule has 0 aliphatic carbocycles. The molecular formula is C12H19N3O4S2. The minimum absolute atomic E-state index is 0.104. The minimum atomic E-state index is -1.01. The summed E-state index contributed by atoms with van der Waals surface area (Å²) in [7, 11) is 0. The molecule has 1 fully saturated rings. The van der Waals surface area contributed by atoms with Crippen LogP contribution in [0.3, 0.4) is 0 Å². The summed E-state index contributed by atoms with van der Waals surface area (Å²) in [5.41, 5.74) is 0. The molecule has 0 aromatic heterocycles. The van der Waals surface area contributed by atoms with Crippen molar-refractivity contribution in [3.63, 3.8) is 0 Å². The van der Waals surface area contributed by atoms with Gasteiger partial charge in [-0.2, -0.15) is 0 Å². The molecule has 1 aliphatic heterocycles. The third kappa shape index (κ3) is 4.85. The predicted octanol–water partition coefficient (Wildman–Crippen LogP) is -0.338. The first-order valence-electron chi connectivity index (χ1n) is 6.53. The number of carbonyl (C=O) groups is 3. The van der Waals surface area contributed by atoms with E-state index in [1.54, 1.807) is 6.92 Å². The number of carboxylic acid groups (broad SMARTS) is 1. The lowest BCUT2D eigenvalue weighted by Crippen LogP contribution is -2.47. The van der Waals surface area contributed by atoms with Crippen molar-refractivity contribution in [3.05, 3.63) is 0 Å². The van der Waals surface area contributed by atoms with Crippen LogP contribution in [0.15, 0.2) is 0 Å². The van der Waals surface area contributed by atoms with Crippen molar-refractivity contribution in [2.24, 2.45) is 5.92 Å². The van der Waals surface area contributed by atoms with Gasteiger partial charge >= 0.3 is 5.97 Å². The van der Waals surface area contributed by atoms with Gasteiger partial charge in [0.25, 0.3) is 0 Å². The van der Waals surface area contributed by atoms with Gasteiger partial charge in [0.15, 0.2) is 0 Å². The van der Waals surface area contributed by atoms with Crippen LogP contribution >= 0.6 is 24.0 Å². The van der Waals surface area contributed by atoms with Crippen LogP contribution in [-0.4, -0.2) is 63.5 Å². The molecule has 1 heterocycles. The molecule has 0 aromatic rings. The molecule has 21 heavy (non-hydrogen) atoms. The Bertz CT molecular complexity index is 444. The van der Waals surface area contributed by atoms with E-state index in [0.717, 1.165) is 0 Å². The van der Waals surface area contributed by atoms with Crippen molar-refractivity contribution in [2.75, 3.05) is 24.7 Å². The van der Waals surface area contributed by atoms with Crippen molar-refractivity contribution in [3.8, 4) is 0 Å². The number of nitrogens with zero attached hydrogens (tertiary/aromatic N) is 1. The van der Waals surface area contributed by atoms with Crippen LogP contribution < -0.4 is 10.6 Å². The lowest BCUT2D eigenvalue weighted by molar-refractivity contribution is -0.147. The summed E-state index contributed by atoms with van der Waals surface area (Å²) >= 11 is 6.48. The third-order valence-corrected chi connectivity index (χ3v) is 4.55. The van der Waals surface area contributed by atoms with Crippen molar-refractivity contribution >= 4 is 46.8 Å². The number of hydrogen-bond donors (Lipinski definition) is 3. The summed E-state index contributed by atoms with van der Waals surface area (Å²) in [6.07, 6.45) is 0. The van der Waals surface area contributed by atoms with E-state index in [4.69, 9.17) is 17.3 Å². The summed E-state index contributed by atoms with van der Waals surface area (Å²) in [5.74, 6) is -1.33. The highest BCUT2D eigenvalue weighted by atomic mass is 32.2. The fourth-order valence-corrected chi connectivity index (χ4v) is 3.11. The topological polar surface area (TPSA) is 98.7 Å². The molecule has 0 radical (unpaired) electrons. The number of rotatable bonds is 6. The quantitative estimate of drug-likeness (QED) is 0.572. The van der Waals surface area contributed by atoms with Crippen LogP contribution in [-0.2, 0) is 14.4 Å². The Balaban J connectivity index is 2.47. The summed E-state index contributed by atoms with van der Waals surface area (Å²) in [6, 6.07) is -0.793. The number of thioether (sulfide) groups is 1. The second kappa shape index (κ2) is 8.18. The summed E-state index contributed by atoms with van der Waals surface area (Å²) in [5, 5.41) is 14.4. The van der Waals surface area contributed by atoms with E-state index in [1.807, 2.05) is 6.92 Å². The number of carbonyl (C=O) groups excluding carboxylic acids is 2. The molecule has 0 spiro atoms. The zero-order valence-electron chi connectivity index (χ0n) is 11.9. The van der Waals surface area contributed by atoms with Crippen LogP contribution in [0.25, 0.3) is 0 Å². The summed E-state index contributed by atoms with van der Waals surface area (Å²) in [6.45, 7) is 3.86. The molecule has 7 nitrogen and oxygen atoms in total. The molecule has 0 saturated carbocycles. The van der Waals surface area contributed by atoms with E-state index in [-0.39, 0.29) is 23.3 Å². The van der Waals surface area contributed by atoms with Gasteiger partial charge in [-0.1, -0.05) is 12.2 Å². The zero-order chi connectivity index (χ0) is 16.0. The number of carboxylic acids is 1. The highest BCUT2D eigenvalue weighted by molar-refractivity contribution is 7.99. The van der Waals surface area contributed by atoms with Crippen molar-refractivity contribution in [1.29, 1.82) is 0 Å². The summed E-state index contributed by atoms with van der Waals surface area (Å²) in [4.78, 5) is 36.2. The van der Waals surface area contributed by atoms with E-state index < -0.39 is 17.9 Å². The molecule has 9 heteroatoms. The second-order valence-electron chi connectivity index (χ2n) is 4.55. The second-order valence-corrected chi connectivity index (χ2v) is 5.99. The molecule has 3 N–H and O–H groups in total. The van der Waals surface area contributed by atoms with Crippen LogP contribution in [0.1, 0.15) is 13.8 Å². The first-order valence-corrected chi connectivity index (χ1v) is 8.10. The Morgan fingerprint density at radius 1 is 1.43 bits per heavy atom. The predicted molar refractivity (Wildman–Crippen MR) is 84.0 cm³/mol. The first kappa shape index (κ1) is 17.7. The molecular weight excluding hydrogens is 314 g/mol. The SMILES string of the molecule is CCNC(=O)C(C)C(=S)NCC(=O)N1CSCC1C(=O)O. The maximum absolute atomic E-state index is 12.0. The Hall–Kier alpha value is -1.35. The molecule has 2 unspecified atom stereocenters. The number of thiocarbonyl (C=S) groups is 1. The van der Waals surface area contributed by atoms with Crippen LogP contribution in [0.4, 0.5) is 0 Å². The monoisotopic (exact) mass is 333 g/mol. The van der Waals surface area contributed by atoms with Gasteiger partial charge in [-0.25, -0.2) is 4.79 Å². The Kier molecular flexibility index (Phi) is 6.90. The first-order chi connectivity index (χ1) is 9.88. The number of hydrogen-bond acceptors (Lipinski definition) is 5. The molecule has 2 atom stereocenters. The lowest BCUT2D eigenvalue weighted by atomic mass is 10.1. The average molecular weight is 333 g/mol. The van der Waals surface area contributed by atoms with Gasteiger partial charge in [-0.3, -0.25) is 9.59 Å². The molecule has 1 aliphatic rings. The Morgan fingerprint density at radius 2 is 2.10 bits per heavy atom. The standard InChI is InChI=1S/C12H19N3O4S2/c1-3-13-10(17)7(2)11(20)14-4-9(16)15-6-21-5-8(15)12(18)19/h7-8H,3-6H2,1-2H3,(H,13,17)(H,14,20)(H,18,19). The van der Waals surface area contributed by atoms with E-state index in [9.17, 15) is 14.4 Å². The Labute approximate surface area is 132 Å². The molecule has 2 amide bonds. The smallest absolute Gasteiger partial charge is 0.327 e. The van der Waals surface area contributed by atoms with Crippen molar-refractivity contribution in [1.82, 2.24) is 15.5 Å². The van der Waals surface area contributed by atoms with Gasteiger partial charge in [-0.05, 0) is 13.8 Å². The average Bonchev–Trinajstić information content (AvgIpc) is 2.93. The van der Waals surface area contributed by atoms with Gasteiger partial charge in [0.1, 0.15) is 6.04 Å². The summed E-state index contributed by atoms with van der Waals surface area (Å²) < 4.78 is 0. The number of nitrogens with one attached hydrogen (secondary N) is 2. The van der Waals surface area contributed by atoms with Gasteiger partial charge in [0.2, 0.25) is 11.8 Å². The van der Waals surface area contributed by atoms with E-state index in [0.29, 0.717) is 18.2 Å². The molecule has 118 valence electrons. The molecule has 0 bridgehead atoms. The fourth-order valence-electron chi connectivity index (χ4n) is 1.76. The van der Waals surface area contributed by atoms with E-state index in [1.165, 1.54) is 16.7 Å². The number of amides is 2. The Morgan fingerprint density at radius 3 is 2.67 bits per heavy atom. The maximum atomic E-state index is 12.0. The van der Waals surface area contributed by atoms with Gasteiger partial charge in [0, 0.05) is 12.3 Å². The minimum Gasteiger partial charge on any atom is -0.480 e. The molecule has 1 rings (SSSR count). The highest BCUT2D eigenvalue weighted by Crippen LogP contribution is 2.20.